The Kier molecular flexibility index (Phi) is 4.89. The summed E-state index contributed by atoms with van der Waals surface area (Å²) in [5, 5.41) is 10.0. The molecule has 2 N–H and O–H groups in total. The van der Waals surface area contributed by atoms with Gasteiger partial charge in [0.2, 0.25) is 0 Å². The summed E-state index contributed by atoms with van der Waals surface area (Å²) < 4.78 is 9.96. The molecule has 0 spiro atoms. The molecule has 0 saturated heterocycles. The first-order chi connectivity index (χ1) is 12.1. The third-order valence-electron chi connectivity index (χ3n) is 3.22. The molecule has 0 aliphatic carbocycles. The fraction of sp³-hybridized carbons (Fsp3) is 0.176. The van der Waals surface area contributed by atoms with Gasteiger partial charge >= 0.3 is 5.97 Å². The first-order valence-corrected chi connectivity index (χ1v) is 7.70. The van der Waals surface area contributed by atoms with Gasteiger partial charge in [-0.3, -0.25) is 0 Å². The van der Waals surface area contributed by atoms with Gasteiger partial charge in [-0.25, -0.2) is 14.8 Å². The normalized spacial score (nSPS) is 10.3. The zero-order valence-electron chi connectivity index (χ0n) is 13.8. The van der Waals surface area contributed by atoms with Gasteiger partial charge in [0.15, 0.2) is 5.82 Å². The van der Waals surface area contributed by atoms with Crippen LogP contribution in [-0.4, -0.2) is 27.7 Å². The number of benzene rings is 1. The van der Waals surface area contributed by atoms with Gasteiger partial charge in [-0.15, -0.1) is 0 Å². The summed E-state index contributed by atoms with van der Waals surface area (Å²) in [5.74, 6) is 2.11. The zero-order valence-corrected chi connectivity index (χ0v) is 13.8. The van der Waals surface area contributed by atoms with E-state index in [-0.39, 0.29) is 5.97 Å². The number of carbonyl (C=O) groups excluding carboxylic acids is 1. The lowest BCUT2D eigenvalue weighted by Gasteiger charge is -2.08. The SMILES string of the molecule is CCOC(=O)c1ccc(Nc2cc(Nc3cc(C)on3)ncn2)cc1. The summed E-state index contributed by atoms with van der Waals surface area (Å²) in [4.78, 5) is 20.0. The number of esters is 1. The highest BCUT2D eigenvalue weighted by Crippen LogP contribution is 2.19. The summed E-state index contributed by atoms with van der Waals surface area (Å²) in [6.45, 7) is 3.93. The molecule has 0 atom stereocenters. The van der Waals surface area contributed by atoms with E-state index in [1.54, 1.807) is 43.3 Å². The van der Waals surface area contributed by atoms with Gasteiger partial charge in [0.05, 0.1) is 12.2 Å². The molecule has 2 heterocycles. The number of hydrogen-bond donors (Lipinski definition) is 2. The van der Waals surface area contributed by atoms with Crippen molar-refractivity contribution in [3.05, 3.63) is 54.0 Å². The van der Waals surface area contributed by atoms with Crippen molar-refractivity contribution in [3.63, 3.8) is 0 Å². The molecule has 0 fully saturated rings. The maximum atomic E-state index is 11.6. The maximum Gasteiger partial charge on any atom is 0.338 e. The van der Waals surface area contributed by atoms with Crippen molar-refractivity contribution >= 4 is 29.1 Å². The van der Waals surface area contributed by atoms with Crippen LogP contribution in [0.4, 0.5) is 23.1 Å². The van der Waals surface area contributed by atoms with Gasteiger partial charge < -0.3 is 19.9 Å². The molecule has 3 rings (SSSR count). The quantitative estimate of drug-likeness (QED) is 0.659. The summed E-state index contributed by atoms with van der Waals surface area (Å²) >= 11 is 0. The van der Waals surface area contributed by atoms with Crippen LogP contribution in [0.2, 0.25) is 0 Å². The standard InChI is InChI=1S/C17H17N5O3/c1-3-24-17(23)12-4-6-13(7-5-12)20-14-9-15(19-10-18-14)21-16-8-11(2)25-22-16/h4-10H,3H2,1-2H3,(H2,18,19,20,21,22). The number of anilines is 4. The second-order valence-corrected chi connectivity index (χ2v) is 5.16. The van der Waals surface area contributed by atoms with Crippen molar-refractivity contribution in [2.75, 3.05) is 17.2 Å². The molecular formula is C17H17N5O3. The largest absolute Gasteiger partial charge is 0.462 e. The number of hydrogen-bond acceptors (Lipinski definition) is 8. The molecule has 0 unspecified atom stereocenters. The van der Waals surface area contributed by atoms with Crippen LogP contribution in [0.1, 0.15) is 23.0 Å². The highest BCUT2D eigenvalue weighted by atomic mass is 16.5. The Morgan fingerprint density at radius 1 is 1.08 bits per heavy atom. The van der Waals surface area contributed by atoms with Crippen molar-refractivity contribution in [2.24, 2.45) is 0 Å². The molecule has 2 aromatic heterocycles. The number of nitrogens with one attached hydrogen (secondary N) is 2. The van der Waals surface area contributed by atoms with Crippen LogP contribution in [0, 0.1) is 6.92 Å². The highest BCUT2D eigenvalue weighted by molar-refractivity contribution is 5.89. The van der Waals surface area contributed by atoms with E-state index in [4.69, 9.17) is 9.26 Å². The van der Waals surface area contributed by atoms with Gasteiger partial charge in [0.1, 0.15) is 23.7 Å². The minimum atomic E-state index is -0.342. The first kappa shape index (κ1) is 16.4. The van der Waals surface area contributed by atoms with Crippen LogP contribution in [-0.2, 0) is 4.74 Å². The molecule has 0 bridgehead atoms. The number of nitrogens with zero attached hydrogens (tertiary/aromatic N) is 3. The molecule has 25 heavy (non-hydrogen) atoms. The van der Waals surface area contributed by atoms with Crippen LogP contribution >= 0.6 is 0 Å². The Balaban J connectivity index is 1.68. The Morgan fingerprint density at radius 3 is 2.44 bits per heavy atom. The van der Waals surface area contributed by atoms with E-state index in [0.717, 1.165) is 5.69 Å². The third kappa shape index (κ3) is 4.31. The summed E-state index contributed by atoms with van der Waals surface area (Å²) in [6.07, 6.45) is 1.44. The van der Waals surface area contributed by atoms with Gasteiger partial charge in [-0.05, 0) is 38.1 Å². The van der Waals surface area contributed by atoms with Crippen LogP contribution in [0.5, 0.6) is 0 Å². The lowest BCUT2D eigenvalue weighted by Crippen LogP contribution is -2.04. The van der Waals surface area contributed by atoms with E-state index < -0.39 is 0 Å². The summed E-state index contributed by atoms with van der Waals surface area (Å²) in [7, 11) is 0. The van der Waals surface area contributed by atoms with E-state index in [1.807, 2.05) is 6.92 Å². The van der Waals surface area contributed by atoms with Gasteiger partial charge in [-0.2, -0.15) is 0 Å². The fourth-order valence-corrected chi connectivity index (χ4v) is 2.10. The van der Waals surface area contributed by atoms with Crippen LogP contribution in [0.3, 0.4) is 0 Å². The molecule has 8 heteroatoms. The molecule has 1 aromatic carbocycles. The Labute approximate surface area is 144 Å². The molecule has 0 aliphatic heterocycles. The maximum absolute atomic E-state index is 11.6. The molecule has 8 nitrogen and oxygen atoms in total. The van der Waals surface area contributed by atoms with Crippen molar-refractivity contribution in [3.8, 4) is 0 Å². The van der Waals surface area contributed by atoms with E-state index in [1.165, 1.54) is 6.33 Å². The predicted molar refractivity (Wildman–Crippen MR) is 92.2 cm³/mol. The molecular weight excluding hydrogens is 322 g/mol. The average Bonchev–Trinajstić information content (AvgIpc) is 3.01. The molecule has 0 aliphatic rings. The van der Waals surface area contributed by atoms with Crippen molar-refractivity contribution in [1.82, 2.24) is 15.1 Å². The lowest BCUT2D eigenvalue weighted by atomic mass is 10.2. The van der Waals surface area contributed by atoms with E-state index >= 15 is 0 Å². The molecule has 0 radical (unpaired) electrons. The second kappa shape index (κ2) is 7.43. The average molecular weight is 339 g/mol. The number of aryl methyl sites for hydroxylation is 1. The first-order valence-electron chi connectivity index (χ1n) is 7.70. The second-order valence-electron chi connectivity index (χ2n) is 5.16. The molecule has 0 amide bonds. The Hall–Kier alpha value is -3.42. The monoisotopic (exact) mass is 339 g/mol. The van der Waals surface area contributed by atoms with E-state index in [2.05, 4.69) is 25.8 Å². The molecule has 0 saturated carbocycles. The third-order valence-corrected chi connectivity index (χ3v) is 3.22. The van der Waals surface area contributed by atoms with Crippen LogP contribution < -0.4 is 10.6 Å². The molecule has 3 aromatic rings. The minimum Gasteiger partial charge on any atom is -0.462 e. The molecule has 128 valence electrons. The summed E-state index contributed by atoms with van der Waals surface area (Å²) in [6, 6.07) is 10.5. The number of ether oxygens (including phenoxy) is 1. The minimum absolute atomic E-state index is 0.342. The van der Waals surface area contributed by atoms with Crippen LogP contribution in [0.25, 0.3) is 0 Å². The topological polar surface area (TPSA) is 102 Å². The van der Waals surface area contributed by atoms with E-state index in [0.29, 0.717) is 35.4 Å². The highest BCUT2D eigenvalue weighted by Gasteiger charge is 2.07. The van der Waals surface area contributed by atoms with Gasteiger partial charge in [-0.1, -0.05) is 5.16 Å². The van der Waals surface area contributed by atoms with Crippen molar-refractivity contribution in [1.29, 1.82) is 0 Å². The predicted octanol–water partition coefficient (Wildman–Crippen LogP) is 3.44. The van der Waals surface area contributed by atoms with Gasteiger partial charge in [0.25, 0.3) is 0 Å². The van der Waals surface area contributed by atoms with Crippen LogP contribution in [0.15, 0.2) is 47.2 Å². The summed E-state index contributed by atoms with van der Waals surface area (Å²) in [5.41, 5.74) is 1.29. The van der Waals surface area contributed by atoms with E-state index in [9.17, 15) is 4.79 Å². The Bertz CT molecular complexity index is 861. The number of aromatic nitrogens is 3. The smallest absolute Gasteiger partial charge is 0.338 e. The Morgan fingerprint density at radius 2 is 1.80 bits per heavy atom. The number of rotatable bonds is 6. The lowest BCUT2D eigenvalue weighted by molar-refractivity contribution is 0.0526. The fourth-order valence-electron chi connectivity index (χ4n) is 2.10. The van der Waals surface area contributed by atoms with Gasteiger partial charge in [0, 0.05) is 17.8 Å². The zero-order chi connectivity index (χ0) is 17.6. The van der Waals surface area contributed by atoms with Crippen molar-refractivity contribution in [2.45, 2.75) is 13.8 Å². The number of carbonyl (C=O) groups is 1. The van der Waals surface area contributed by atoms with Crippen molar-refractivity contribution < 1.29 is 14.1 Å².